The zero-order chi connectivity index (χ0) is 20.7. The van der Waals surface area contributed by atoms with Crippen molar-refractivity contribution in [2.24, 2.45) is 5.73 Å². The highest BCUT2D eigenvalue weighted by atomic mass is 19.4. The van der Waals surface area contributed by atoms with Crippen LogP contribution in [0.25, 0.3) is 0 Å². The van der Waals surface area contributed by atoms with Crippen LogP contribution in [0.5, 0.6) is 0 Å². The van der Waals surface area contributed by atoms with E-state index in [0.717, 1.165) is 5.56 Å². The zero-order valence-corrected chi connectivity index (χ0v) is 15.4. The van der Waals surface area contributed by atoms with Crippen LogP contribution in [0.15, 0.2) is 54.6 Å². The lowest BCUT2D eigenvalue weighted by atomic mass is 10.0. The number of carbonyl (C=O) groups is 2. The van der Waals surface area contributed by atoms with Gasteiger partial charge < -0.3 is 16.0 Å². The lowest BCUT2D eigenvalue weighted by Crippen LogP contribution is -2.40. The molecule has 0 bridgehead atoms. The maximum atomic E-state index is 12.6. The lowest BCUT2D eigenvalue weighted by molar-refractivity contribution is -0.185. The van der Waals surface area contributed by atoms with Crippen molar-refractivity contribution in [1.82, 2.24) is 4.90 Å². The van der Waals surface area contributed by atoms with E-state index in [2.05, 4.69) is 5.32 Å². The Bertz CT molecular complexity index is 810. The van der Waals surface area contributed by atoms with Crippen molar-refractivity contribution in [3.63, 3.8) is 0 Å². The Hall–Kier alpha value is -2.87. The molecule has 0 aliphatic heterocycles. The molecule has 150 valence electrons. The predicted molar refractivity (Wildman–Crippen MR) is 100 cm³/mol. The van der Waals surface area contributed by atoms with Gasteiger partial charge in [0.25, 0.3) is 0 Å². The number of anilines is 1. The van der Waals surface area contributed by atoms with Gasteiger partial charge in [0.1, 0.15) is 0 Å². The highest BCUT2D eigenvalue weighted by Gasteiger charge is 2.41. The van der Waals surface area contributed by atoms with E-state index < -0.39 is 18.1 Å². The van der Waals surface area contributed by atoms with E-state index in [0.29, 0.717) is 16.2 Å². The van der Waals surface area contributed by atoms with Gasteiger partial charge in [-0.2, -0.15) is 13.2 Å². The van der Waals surface area contributed by atoms with Crippen LogP contribution >= 0.6 is 0 Å². The van der Waals surface area contributed by atoms with Crippen LogP contribution in [0.3, 0.4) is 0 Å². The predicted octanol–water partition coefficient (Wildman–Crippen LogP) is 3.63. The average molecular weight is 393 g/mol. The van der Waals surface area contributed by atoms with Crippen LogP contribution in [0, 0.1) is 0 Å². The number of hydrogen-bond acceptors (Lipinski definition) is 3. The highest BCUT2D eigenvalue weighted by Crippen LogP contribution is 2.21. The number of hydrogen-bond donors (Lipinski definition) is 2. The Kier molecular flexibility index (Phi) is 7.17. The third-order valence-electron chi connectivity index (χ3n) is 4.13. The molecule has 0 heterocycles. The average Bonchev–Trinajstić information content (AvgIpc) is 2.65. The number of halogens is 3. The molecular weight excluding hydrogens is 371 g/mol. The van der Waals surface area contributed by atoms with Gasteiger partial charge in [-0.1, -0.05) is 42.5 Å². The molecule has 1 unspecified atom stereocenters. The normalized spacial score (nSPS) is 12.3. The smallest absolute Gasteiger partial charge is 0.331 e. The SMILES string of the molecule is CCN(Cc1cccc(NC(=O)CC(N)c2ccccc2)c1)C(=O)C(F)(F)F. The molecule has 1 atom stereocenters. The highest BCUT2D eigenvalue weighted by molar-refractivity contribution is 5.91. The van der Waals surface area contributed by atoms with Gasteiger partial charge in [-0.25, -0.2) is 0 Å². The van der Waals surface area contributed by atoms with Gasteiger partial charge in [-0.3, -0.25) is 9.59 Å². The van der Waals surface area contributed by atoms with Crippen LogP contribution in [-0.4, -0.2) is 29.4 Å². The largest absolute Gasteiger partial charge is 0.471 e. The summed E-state index contributed by atoms with van der Waals surface area (Å²) in [4.78, 5) is 24.4. The van der Waals surface area contributed by atoms with Crippen molar-refractivity contribution >= 4 is 17.5 Å². The first-order valence-corrected chi connectivity index (χ1v) is 8.76. The number of nitrogens with zero attached hydrogens (tertiary/aromatic N) is 1. The minimum Gasteiger partial charge on any atom is -0.331 e. The molecule has 0 saturated carbocycles. The van der Waals surface area contributed by atoms with E-state index in [1.54, 1.807) is 18.2 Å². The maximum Gasteiger partial charge on any atom is 0.471 e. The molecule has 0 aromatic heterocycles. The van der Waals surface area contributed by atoms with Crippen molar-refractivity contribution in [2.75, 3.05) is 11.9 Å². The third-order valence-corrected chi connectivity index (χ3v) is 4.13. The first-order valence-electron chi connectivity index (χ1n) is 8.76. The summed E-state index contributed by atoms with van der Waals surface area (Å²) in [5.41, 5.74) is 7.76. The van der Waals surface area contributed by atoms with Gasteiger partial charge in [-0.15, -0.1) is 0 Å². The first-order chi connectivity index (χ1) is 13.2. The molecule has 2 aromatic carbocycles. The van der Waals surface area contributed by atoms with Crippen molar-refractivity contribution in [2.45, 2.75) is 32.1 Å². The molecule has 28 heavy (non-hydrogen) atoms. The van der Waals surface area contributed by atoms with Crippen LogP contribution in [-0.2, 0) is 16.1 Å². The molecule has 0 fully saturated rings. The molecule has 2 rings (SSSR count). The molecule has 0 aliphatic carbocycles. The Balaban J connectivity index is 2.00. The standard InChI is InChI=1S/C20H22F3N3O2/c1-2-26(19(28)20(21,22)23)13-14-7-6-10-16(11-14)25-18(27)12-17(24)15-8-4-3-5-9-15/h3-11,17H,2,12-13,24H2,1H3,(H,25,27). The van der Waals surface area contributed by atoms with E-state index >= 15 is 0 Å². The number of benzene rings is 2. The summed E-state index contributed by atoms with van der Waals surface area (Å²) in [5.74, 6) is -2.20. The quantitative estimate of drug-likeness (QED) is 0.754. The number of nitrogens with one attached hydrogen (secondary N) is 1. The maximum absolute atomic E-state index is 12.6. The second-order valence-corrected chi connectivity index (χ2v) is 6.29. The molecule has 0 aliphatic rings. The molecule has 2 amide bonds. The molecule has 0 spiro atoms. The van der Waals surface area contributed by atoms with Crippen molar-refractivity contribution in [3.8, 4) is 0 Å². The molecular formula is C20H22F3N3O2. The van der Waals surface area contributed by atoms with E-state index in [9.17, 15) is 22.8 Å². The monoisotopic (exact) mass is 393 g/mol. The van der Waals surface area contributed by atoms with Gasteiger partial charge in [0.15, 0.2) is 0 Å². The van der Waals surface area contributed by atoms with E-state index in [1.165, 1.54) is 13.0 Å². The Morgan fingerprint density at radius 3 is 2.39 bits per heavy atom. The molecule has 0 saturated heterocycles. The van der Waals surface area contributed by atoms with Crippen LogP contribution in [0.4, 0.5) is 18.9 Å². The fourth-order valence-corrected chi connectivity index (χ4v) is 2.70. The molecule has 3 N–H and O–H groups in total. The summed E-state index contributed by atoms with van der Waals surface area (Å²) in [6, 6.07) is 15.1. The second-order valence-electron chi connectivity index (χ2n) is 6.29. The Morgan fingerprint density at radius 2 is 1.79 bits per heavy atom. The van der Waals surface area contributed by atoms with Crippen LogP contribution in [0.1, 0.15) is 30.5 Å². The minimum atomic E-state index is -4.92. The number of amides is 2. The minimum absolute atomic E-state index is 0.0574. The van der Waals surface area contributed by atoms with Gasteiger partial charge in [-0.05, 0) is 30.2 Å². The van der Waals surface area contributed by atoms with Gasteiger partial charge in [0.05, 0.1) is 0 Å². The van der Waals surface area contributed by atoms with Gasteiger partial charge in [0.2, 0.25) is 5.91 Å². The van der Waals surface area contributed by atoms with E-state index in [-0.39, 0.29) is 25.4 Å². The Labute approximate surface area is 161 Å². The first kappa shape index (κ1) is 21.4. The molecule has 5 nitrogen and oxygen atoms in total. The number of rotatable bonds is 7. The Morgan fingerprint density at radius 1 is 1.11 bits per heavy atom. The van der Waals surface area contributed by atoms with Gasteiger partial charge in [0, 0.05) is 31.2 Å². The fraction of sp³-hybridized carbons (Fsp3) is 0.300. The third kappa shape index (κ3) is 6.09. The van der Waals surface area contributed by atoms with Crippen molar-refractivity contribution in [1.29, 1.82) is 0 Å². The van der Waals surface area contributed by atoms with Crippen LogP contribution < -0.4 is 11.1 Å². The van der Waals surface area contributed by atoms with Gasteiger partial charge >= 0.3 is 12.1 Å². The molecule has 0 radical (unpaired) electrons. The number of nitrogens with two attached hydrogens (primary N) is 1. The van der Waals surface area contributed by atoms with E-state index in [1.807, 2.05) is 30.3 Å². The summed E-state index contributed by atoms with van der Waals surface area (Å²) < 4.78 is 37.9. The zero-order valence-electron chi connectivity index (χ0n) is 15.4. The topological polar surface area (TPSA) is 75.4 Å². The summed E-state index contributed by atoms with van der Waals surface area (Å²) in [7, 11) is 0. The van der Waals surface area contributed by atoms with Crippen LogP contribution in [0.2, 0.25) is 0 Å². The summed E-state index contributed by atoms with van der Waals surface area (Å²) in [6.45, 7) is 1.18. The lowest BCUT2D eigenvalue weighted by Gasteiger charge is -2.22. The molecule has 8 heteroatoms. The molecule has 2 aromatic rings. The number of carbonyl (C=O) groups excluding carboxylic acids is 2. The van der Waals surface area contributed by atoms with Crippen molar-refractivity contribution < 1.29 is 22.8 Å². The summed E-state index contributed by atoms with van der Waals surface area (Å²) in [5, 5.41) is 2.69. The second kappa shape index (κ2) is 9.36. The van der Waals surface area contributed by atoms with Crippen molar-refractivity contribution in [3.05, 3.63) is 65.7 Å². The fourth-order valence-electron chi connectivity index (χ4n) is 2.70. The van der Waals surface area contributed by atoms with E-state index in [4.69, 9.17) is 5.73 Å². The summed E-state index contributed by atoms with van der Waals surface area (Å²) >= 11 is 0. The summed E-state index contributed by atoms with van der Waals surface area (Å²) in [6.07, 6.45) is -4.86. The number of alkyl halides is 3.